The fraction of sp³-hybridized carbons (Fsp3) is 0.857. The predicted molar refractivity (Wildman–Crippen MR) is 80.6 cm³/mol. The van der Waals surface area contributed by atoms with E-state index in [9.17, 15) is 24.9 Å². The number of aliphatic hydroxyl groups is 4. The van der Waals surface area contributed by atoms with Crippen LogP contribution in [0, 0.1) is 0 Å². The Morgan fingerprint density at radius 3 is 2.42 bits per heavy atom. The molecule has 0 aromatic carbocycles. The van der Waals surface area contributed by atoms with Gasteiger partial charge in [0.2, 0.25) is 5.91 Å². The molecule has 0 aromatic rings. The molecule has 1 aliphatic heterocycles. The first kappa shape index (κ1) is 20.7. The molecule has 10 nitrogen and oxygen atoms in total. The van der Waals surface area contributed by atoms with Crippen molar-refractivity contribution in [3.05, 3.63) is 0 Å². The maximum atomic E-state index is 12.4. The molecule has 1 rings (SSSR count). The van der Waals surface area contributed by atoms with E-state index < -0.39 is 54.7 Å². The highest BCUT2D eigenvalue weighted by atomic mass is 16.7. The molecule has 24 heavy (non-hydrogen) atoms. The summed E-state index contributed by atoms with van der Waals surface area (Å²) >= 11 is 0. The summed E-state index contributed by atoms with van der Waals surface area (Å²) in [4.78, 5) is 25.0. The summed E-state index contributed by atoms with van der Waals surface area (Å²) in [5, 5.41) is 41.8. The number of ether oxygens (including phenoxy) is 2. The van der Waals surface area contributed by atoms with Crippen LogP contribution in [0.25, 0.3) is 0 Å². The van der Waals surface area contributed by atoms with Gasteiger partial charge in [0, 0.05) is 34.5 Å². The lowest BCUT2D eigenvalue weighted by molar-refractivity contribution is -0.299. The topological polar surface area (TPSA) is 149 Å². The number of hydrogen-bond donors (Lipinski definition) is 5. The smallest absolute Gasteiger partial charge is 0.282 e. The highest BCUT2D eigenvalue weighted by molar-refractivity contribution is 5.83. The molecule has 1 fully saturated rings. The third-order valence-corrected chi connectivity index (χ3v) is 3.92. The van der Waals surface area contributed by atoms with Gasteiger partial charge in [0.1, 0.15) is 18.3 Å². The summed E-state index contributed by atoms with van der Waals surface area (Å²) < 4.78 is 10.8. The number of carbonyl (C=O) groups excluding carboxylic acids is 2. The van der Waals surface area contributed by atoms with Crippen LogP contribution in [-0.2, 0) is 19.1 Å². The number of aliphatic hydroxyl groups excluding tert-OH is 4. The Bertz CT molecular complexity index is 460. The van der Waals surface area contributed by atoms with Crippen molar-refractivity contribution in [1.29, 1.82) is 0 Å². The maximum Gasteiger partial charge on any atom is 0.282 e. The minimum Gasteiger partial charge on any atom is -0.394 e. The number of carbonyl (C=O) groups is 2. The van der Waals surface area contributed by atoms with Crippen molar-refractivity contribution >= 4 is 11.8 Å². The average Bonchev–Trinajstić information content (AvgIpc) is 2.53. The number of methoxy groups -OCH3 is 1. The molecular formula is C14H26N2O8. The van der Waals surface area contributed by atoms with Crippen molar-refractivity contribution in [2.45, 2.75) is 49.6 Å². The molecule has 5 N–H and O–H groups in total. The van der Waals surface area contributed by atoms with Crippen LogP contribution < -0.4 is 5.32 Å². The Hall–Kier alpha value is -1.30. The van der Waals surface area contributed by atoms with Crippen LogP contribution in [-0.4, -0.2) is 101 Å². The minimum absolute atomic E-state index is 0.288. The molecule has 6 unspecified atom stereocenters. The number of likely N-dealkylation sites (N-methyl/N-ethyl adjacent to an activating group) is 1. The van der Waals surface area contributed by atoms with E-state index in [1.807, 2.05) is 0 Å². The average molecular weight is 350 g/mol. The summed E-state index contributed by atoms with van der Waals surface area (Å²) in [5.41, 5.74) is 0. The van der Waals surface area contributed by atoms with E-state index in [1.165, 1.54) is 33.0 Å². The van der Waals surface area contributed by atoms with Crippen LogP contribution in [0.4, 0.5) is 0 Å². The molecule has 0 spiro atoms. The Kier molecular flexibility index (Phi) is 7.08. The first-order chi connectivity index (χ1) is 11.1. The van der Waals surface area contributed by atoms with Crippen molar-refractivity contribution < 1.29 is 39.5 Å². The van der Waals surface area contributed by atoms with Gasteiger partial charge in [-0.15, -0.1) is 0 Å². The van der Waals surface area contributed by atoms with E-state index in [0.717, 1.165) is 0 Å². The molecule has 0 radical (unpaired) electrons. The predicted octanol–water partition coefficient (Wildman–Crippen LogP) is -3.21. The lowest BCUT2D eigenvalue weighted by Gasteiger charge is -2.47. The van der Waals surface area contributed by atoms with Crippen LogP contribution in [0.5, 0.6) is 0 Å². The number of hydrogen-bond acceptors (Lipinski definition) is 8. The summed E-state index contributed by atoms with van der Waals surface area (Å²) in [7, 11) is 4.14. The van der Waals surface area contributed by atoms with E-state index in [4.69, 9.17) is 14.6 Å². The normalized spacial score (nSPS) is 32.8. The standard InChI is InChI=1S/C14H26N2O8/c1-7(18)15-10-8(19)5-14(23-4,13(22)16(2)3)24-12(10)11(21)9(20)6-17/h8-12,17,19-21H,5-6H2,1-4H3,(H,15,18). The third kappa shape index (κ3) is 4.21. The zero-order valence-corrected chi connectivity index (χ0v) is 14.2. The van der Waals surface area contributed by atoms with Gasteiger partial charge in [-0.1, -0.05) is 0 Å². The molecular weight excluding hydrogens is 324 g/mol. The summed E-state index contributed by atoms with van der Waals surface area (Å²) in [6, 6.07) is -1.10. The van der Waals surface area contributed by atoms with E-state index in [0.29, 0.717) is 0 Å². The van der Waals surface area contributed by atoms with Gasteiger partial charge < -0.3 is 40.1 Å². The van der Waals surface area contributed by atoms with Crippen molar-refractivity contribution in [3.8, 4) is 0 Å². The molecule has 6 atom stereocenters. The minimum atomic E-state index is -1.89. The van der Waals surface area contributed by atoms with E-state index in [2.05, 4.69) is 5.32 Å². The SMILES string of the molecule is COC1(C(=O)N(C)C)CC(O)C(NC(C)=O)C(C(O)C(O)CO)O1. The van der Waals surface area contributed by atoms with Gasteiger partial charge >= 0.3 is 0 Å². The maximum absolute atomic E-state index is 12.4. The second kappa shape index (κ2) is 8.19. The van der Waals surface area contributed by atoms with Gasteiger partial charge in [0.15, 0.2) is 0 Å². The first-order valence-corrected chi connectivity index (χ1v) is 7.46. The van der Waals surface area contributed by atoms with Gasteiger partial charge in [0.25, 0.3) is 11.7 Å². The van der Waals surface area contributed by atoms with Gasteiger partial charge in [-0.05, 0) is 0 Å². The third-order valence-electron chi connectivity index (χ3n) is 3.92. The Balaban J connectivity index is 3.22. The Labute approximate surface area is 140 Å². The number of rotatable bonds is 6. The highest BCUT2D eigenvalue weighted by Crippen LogP contribution is 2.33. The van der Waals surface area contributed by atoms with Gasteiger partial charge in [-0.3, -0.25) is 9.59 Å². The molecule has 1 heterocycles. The Morgan fingerprint density at radius 1 is 1.42 bits per heavy atom. The van der Waals surface area contributed by atoms with Gasteiger partial charge in [-0.25, -0.2) is 0 Å². The van der Waals surface area contributed by atoms with Crippen LogP contribution in [0.3, 0.4) is 0 Å². The van der Waals surface area contributed by atoms with Gasteiger partial charge in [0.05, 0.1) is 18.8 Å². The van der Waals surface area contributed by atoms with Crippen molar-refractivity contribution in [3.63, 3.8) is 0 Å². The largest absolute Gasteiger partial charge is 0.394 e. The zero-order valence-electron chi connectivity index (χ0n) is 14.2. The number of amides is 2. The van der Waals surface area contributed by atoms with Crippen molar-refractivity contribution in [2.24, 2.45) is 0 Å². The number of nitrogens with one attached hydrogen (secondary N) is 1. The van der Waals surface area contributed by atoms with Crippen LogP contribution in [0.2, 0.25) is 0 Å². The zero-order chi connectivity index (χ0) is 18.7. The molecule has 10 heteroatoms. The monoisotopic (exact) mass is 350 g/mol. The van der Waals surface area contributed by atoms with Crippen LogP contribution >= 0.6 is 0 Å². The number of nitrogens with zero attached hydrogens (tertiary/aromatic N) is 1. The van der Waals surface area contributed by atoms with E-state index in [1.54, 1.807) is 0 Å². The molecule has 1 aliphatic rings. The van der Waals surface area contributed by atoms with Gasteiger partial charge in [-0.2, -0.15) is 0 Å². The summed E-state index contributed by atoms with van der Waals surface area (Å²) in [5.74, 6) is -3.00. The van der Waals surface area contributed by atoms with E-state index in [-0.39, 0.29) is 6.42 Å². The second-order valence-electron chi connectivity index (χ2n) is 5.98. The Morgan fingerprint density at radius 2 is 2.00 bits per heavy atom. The molecule has 0 aromatic heterocycles. The van der Waals surface area contributed by atoms with Crippen LogP contribution in [0.1, 0.15) is 13.3 Å². The summed E-state index contributed by atoms with van der Waals surface area (Å²) in [6.45, 7) is 0.438. The molecule has 2 amide bonds. The quantitative estimate of drug-likeness (QED) is 0.336. The fourth-order valence-corrected chi connectivity index (χ4v) is 2.68. The molecule has 0 saturated carbocycles. The highest BCUT2D eigenvalue weighted by Gasteiger charge is 2.55. The molecule has 140 valence electrons. The lowest BCUT2D eigenvalue weighted by Crippen LogP contribution is -2.68. The van der Waals surface area contributed by atoms with Crippen LogP contribution in [0.15, 0.2) is 0 Å². The molecule has 0 aliphatic carbocycles. The van der Waals surface area contributed by atoms with Crippen molar-refractivity contribution in [1.82, 2.24) is 10.2 Å². The fourth-order valence-electron chi connectivity index (χ4n) is 2.68. The summed E-state index contributed by atoms with van der Waals surface area (Å²) in [6.07, 6.45) is -6.24. The first-order valence-electron chi connectivity index (χ1n) is 7.46. The molecule has 1 saturated heterocycles. The van der Waals surface area contributed by atoms with E-state index >= 15 is 0 Å². The second-order valence-corrected chi connectivity index (χ2v) is 5.98. The molecule has 0 bridgehead atoms. The lowest BCUT2D eigenvalue weighted by atomic mass is 9.88. The van der Waals surface area contributed by atoms with Crippen molar-refractivity contribution in [2.75, 3.05) is 27.8 Å².